The SMILES string of the molecule is Cc1oc(CN(C)C(=O)C(C)C2CC2)cc1C(=O)O. The van der Waals surface area contributed by atoms with Gasteiger partial charge in [-0.25, -0.2) is 4.79 Å². The molecule has 1 aromatic rings. The van der Waals surface area contributed by atoms with Crippen LogP contribution in [0.1, 0.15) is 41.6 Å². The fourth-order valence-corrected chi connectivity index (χ4v) is 2.29. The summed E-state index contributed by atoms with van der Waals surface area (Å²) in [7, 11) is 1.72. The Labute approximate surface area is 112 Å². The molecule has 1 atom stereocenters. The molecule has 0 bridgehead atoms. The molecular formula is C14H19NO4. The van der Waals surface area contributed by atoms with Crippen LogP contribution in [0.25, 0.3) is 0 Å². The summed E-state index contributed by atoms with van der Waals surface area (Å²) in [5.41, 5.74) is 0.158. The molecule has 1 heterocycles. The molecule has 1 N–H and O–H groups in total. The Bertz CT molecular complexity index is 502. The van der Waals surface area contributed by atoms with E-state index >= 15 is 0 Å². The second-order valence-electron chi connectivity index (χ2n) is 5.31. The monoisotopic (exact) mass is 265 g/mol. The number of aryl methyl sites for hydroxylation is 1. The highest BCUT2D eigenvalue weighted by atomic mass is 16.4. The number of carbonyl (C=O) groups excluding carboxylic acids is 1. The maximum atomic E-state index is 12.1. The van der Waals surface area contributed by atoms with Crippen molar-refractivity contribution in [3.63, 3.8) is 0 Å². The highest BCUT2D eigenvalue weighted by molar-refractivity contribution is 5.88. The van der Waals surface area contributed by atoms with Gasteiger partial charge in [-0.3, -0.25) is 4.79 Å². The smallest absolute Gasteiger partial charge is 0.339 e. The Kier molecular flexibility index (Phi) is 3.64. The fourth-order valence-electron chi connectivity index (χ4n) is 2.29. The van der Waals surface area contributed by atoms with E-state index in [9.17, 15) is 9.59 Å². The van der Waals surface area contributed by atoms with Crippen LogP contribution in [0.15, 0.2) is 10.5 Å². The molecule has 1 aliphatic rings. The lowest BCUT2D eigenvalue weighted by atomic mass is 10.1. The second kappa shape index (κ2) is 5.07. The van der Waals surface area contributed by atoms with Crippen LogP contribution in [0.4, 0.5) is 0 Å². The van der Waals surface area contributed by atoms with Gasteiger partial charge in [-0.1, -0.05) is 6.92 Å². The molecular weight excluding hydrogens is 246 g/mol. The number of hydrogen-bond acceptors (Lipinski definition) is 3. The molecule has 19 heavy (non-hydrogen) atoms. The third-order valence-electron chi connectivity index (χ3n) is 3.69. The Morgan fingerprint density at radius 3 is 2.63 bits per heavy atom. The topological polar surface area (TPSA) is 70.8 Å². The lowest BCUT2D eigenvalue weighted by Gasteiger charge is -2.20. The Balaban J connectivity index is 2.01. The third kappa shape index (κ3) is 2.97. The molecule has 1 aliphatic carbocycles. The predicted octanol–water partition coefficient (Wildman–Crippen LogP) is 2.29. The maximum Gasteiger partial charge on any atom is 0.339 e. The minimum atomic E-state index is -1.01. The van der Waals surface area contributed by atoms with Gasteiger partial charge in [0.05, 0.1) is 6.54 Å². The van der Waals surface area contributed by atoms with Gasteiger partial charge in [-0.05, 0) is 31.7 Å². The Hall–Kier alpha value is -1.78. The van der Waals surface area contributed by atoms with Gasteiger partial charge >= 0.3 is 5.97 Å². The highest BCUT2D eigenvalue weighted by Crippen LogP contribution is 2.37. The number of aromatic carboxylic acids is 1. The molecule has 0 aromatic carbocycles. The zero-order chi connectivity index (χ0) is 14.2. The molecule has 1 aromatic heterocycles. The average molecular weight is 265 g/mol. The van der Waals surface area contributed by atoms with Crippen molar-refractivity contribution in [1.29, 1.82) is 0 Å². The summed E-state index contributed by atoms with van der Waals surface area (Å²) < 4.78 is 5.38. The molecule has 0 spiro atoms. The van der Waals surface area contributed by atoms with Crippen LogP contribution in [-0.4, -0.2) is 28.9 Å². The van der Waals surface area contributed by atoms with Crippen molar-refractivity contribution in [1.82, 2.24) is 4.90 Å². The van der Waals surface area contributed by atoms with Gasteiger partial charge < -0.3 is 14.4 Å². The van der Waals surface area contributed by atoms with Gasteiger partial charge in [0.25, 0.3) is 0 Å². The molecule has 104 valence electrons. The highest BCUT2D eigenvalue weighted by Gasteiger charge is 2.34. The number of carbonyl (C=O) groups is 2. The van der Waals surface area contributed by atoms with Gasteiger partial charge in [0.15, 0.2) is 0 Å². The number of nitrogens with zero attached hydrogens (tertiary/aromatic N) is 1. The first kappa shape index (κ1) is 13.6. The molecule has 0 aliphatic heterocycles. The predicted molar refractivity (Wildman–Crippen MR) is 68.8 cm³/mol. The van der Waals surface area contributed by atoms with Crippen LogP contribution in [0.2, 0.25) is 0 Å². The summed E-state index contributed by atoms with van der Waals surface area (Å²) in [5.74, 6) is 0.525. The standard InChI is InChI=1S/C14H19NO4/c1-8(10-4-5-10)13(16)15(3)7-11-6-12(14(17)18)9(2)19-11/h6,8,10H,4-5,7H2,1-3H3,(H,17,18). The molecule has 1 amide bonds. The Morgan fingerprint density at radius 2 is 2.16 bits per heavy atom. The quantitative estimate of drug-likeness (QED) is 0.886. The number of rotatable bonds is 5. The third-order valence-corrected chi connectivity index (χ3v) is 3.69. The minimum Gasteiger partial charge on any atom is -0.478 e. The van der Waals surface area contributed by atoms with E-state index in [-0.39, 0.29) is 17.4 Å². The normalized spacial score (nSPS) is 16.2. The van der Waals surface area contributed by atoms with Gasteiger partial charge in [-0.15, -0.1) is 0 Å². The number of furan rings is 1. The van der Waals surface area contributed by atoms with Crippen LogP contribution >= 0.6 is 0 Å². The van der Waals surface area contributed by atoms with Gasteiger partial charge in [0.1, 0.15) is 17.1 Å². The molecule has 1 fully saturated rings. The lowest BCUT2D eigenvalue weighted by molar-refractivity contribution is -0.135. The van der Waals surface area contributed by atoms with E-state index in [1.165, 1.54) is 6.07 Å². The van der Waals surface area contributed by atoms with Crippen molar-refractivity contribution >= 4 is 11.9 Å². The summed E-state index contributed by atoms with van der Waals surface area (Å²) in [6, 6.07) is 1.49. The fraction of sp³-hybridized carbons (Fsp3) is 0.571. The summed E-state index contributed by atoms with van der Waals surface area (Å²) in [4.78, 5) is 24.6. The lowest BCUT2D eigenvalue weighted by Crippen LogP contribution is -2.32. The van der Waals surface area contributed by atoms with E-state index < -0.39 is 5.97 Å². The molecule has 5 heteroatoms. The second-order valence-corrected chi connectivity index (χ2v) is 5.31. The van der Waals surface area contributed by atoms with Crippen molar-refractivity contribution in [2.75, 3.05) is 7.05 Å². The first-order valence-corrected chi connectivity index (χ1v) is 6.47. The first-order chi connectivity index (χ1) is 8.90. The average Bonchev–Trinajstić information content (AvgIpc) is 3.12. The molecule has 1 saturated carbocycles. The van der Waals surface area contributed by atoms with Crippen LogP contribution < -0.4 is 0 Å². The zero-order valence-corrected chi connectivity index (χ0v) is 11.5. The first-order valence-electron chi connectivity index (χ1n) is 6.47. The number of amides is 1. The van der Waals surface area contributed by atoms with Crippen molar-refractivity contribution in [2.24, 2.45) is 11.8 Å². The van der Waals surface area contributed by atoms with E-state index in [0.717, 1.165) is 12.8 Å². The van der Waals surface area contributed by atoms with Crippen molar-refractivity contribution in [2.45, 2.75) is 33.2 Å². The molecule has 0 saturated heterocycles. The van der Waals surface area contributed by atoms with Crippen LogP contribution in [0.5, 0.6) is 0 Å². The maximum absolute atomic E-state index is 12.1. The number of carboxylic acid groups (broad SMARTS) is 1. The number of carboxylic acids is 1. The van der Waals surface area contributed by atoms with Crippen LogP contribution in [-0.2, 0) is 11.3 Å². The van der Waals surface area contributed by atoms with Crippen molar-refractivity contribution in [3.8, 4) is 0 Å². The van der Waals surface area contributed by atoms with Gasteiger partial charge in [0.2, 0.25) is 5.91 Å². The summed E-state index contributed by atoms with van der Waals surface area (Å²) in [5, 5.41) is 8.95. The van der Waals surface area contributed by atoms with E-state index in [1.54, 1.807) is 18.9 Å². The number of hydrogen-bond donors (Lipinski definition) is 1. The summed E-state index contributed by atoms with van der Waals surface area (Å²) >= 11 is 0. The van der Waals surface area contributed by atoms with Crippen molar-refractivity contribution < 1.29 is 19.1 Å². The van der Waals surface area contributed by atoms with E-state index in [1.807, 2.05) is 6.92 Å². The van der Waals surface area contributed by atoms with Crippen LogP contribution in [0, 0.1) is 18.8 Å². The summed E-state index contributed by atoms with van der Waals surface area (Å²) in [6.07, 6.45) is 2.26. The van der Waals surface area contributed by atoms with Gasteiger partial charge in [0, 0.05) is 13.0 Å². The molecule has 1 unspecified atom stereocenters. The molecule has 2 rings (SSSR count). The van der Waals surface area contributed by atoms with Gasteiger partial charge in [-0.2, -0.15) is 0 Å². The zero-order valence-electron chi connectivity index (χ0n) is 11.5. The van der Waals surface area contributed by atoms with E-state index in [4.69, 9.17) is 9.52 Å². The van der Waals surface area contributed by atoms with E-state index in [2.05, 4.69) is 0 Å². The largest absolute Gasteiger partial charge is 0.478 e. The molecule has 5 nitrogen and oxygen atoms in total. The minimum absolute atomic E-state index is 0.0417. The van der Waals surface area contributed by atoms with E-state index in [0.29, 0.717) is 24.0 Å². The van der Waals surface area contributed by atoms with Crippen molar-refractivity contribution in [3.05, 3.63) is 23.2 Å². The summed E-state index contributed by atoms with van der Waals surface area (Å²) in [6.45, 7) is 3.87. The molecule has 0 radical (unpaired) electrons. The Morgan fingerprint density at radius 1 is 1.53 bits per heavy atom. The van der Waals surface area contributed by atoms with Crippen LogP contribution in [0.3, 0.4) is 0 Å².